The molecule has 0 saturated carbocycles. The van der Waals surface area contributed by atoms with E-state index in [9.17, 15) is 4.39 Å². The van der Waals surface area contributed by atoms with Gasteiger partial charge < -0.3 is 5.73 Å². The highest BCUT2D eigenvalue weighted by molar-refractivity contribution is 5.55. The first-order chi connectivity index (χ1) is 11.3. The molecule has 0 spiro atoms. The number of halogens is 1. The first kappa shape index (κ1) is 16.3. The molecule has 0 aliphatic carbocycles. The van der Waals surface area contributed by atoms with Crippen molar-refractivity contribution in [2.75, 3.05) is 0 Å². The molecule has 1 atom stereocenters. The van der Waals surface area contributed by atoms with E-state index in [1.165, 1.54) is 17.7 Å². The number of aromatic amines is 1. The Balaban J connectivity index is 1.83. The van der Waals surface area contributed by atoms with Gasteiger partial charge in [-0.3, -0.25) is 5.10 Å². The molecule has 0 bridgehead atoms. The maximum absolute atomic E-state index is 13.0. The lowest BCUT2D eigenvalue weighted by atomic mass is 9.87. The summed E-state index contributed by atoms with van der Waals surface area (Å²) in [4.78, 5) is 4.49. The third-order valence-electron chi connectivity index (χ3n) is 4.04. The first-order valence-corrected chi connectivity index (χ1v) is 7.89. The molecule has 0 amide bonds. The van der Waals surface area contributed by atoms with Gasteiger partial charge in [0.15, 0.2) is 5.82 Å². The monoisotopic (exact) mass is 324 g/mol. The number of nitrogens with zero attached hydrogens (tertiary/aromatic N) is 2. The van der Waals surface area contributed by atoms with Gasteiger partial charge in [-0.15, -0.1) is 0 Å². The fraction of sp³-hybridized carbons (Fsp3) is 0.263. The van der Waals surface area contributed by atoms with Crippen molar-refractivity contribution in [1.82, 2.24) is 15.2 Å². The normalized spacial score (nSPS) is 13.0. The fourth-order valence-corrected chi connectivity index (χ4v) is 2.49. The van der Waals surface area contributed by atoms with E-state index in [1.54, 1.807) is 12.1 Å². The number of hydrogen-bond donors (Lipinski definition) is 2. The van der Waals surface area contributed by atoms with Crippen LogP contribution in [0, 0.1) is 5.82 Å². The molecule has 3 rings (SSSR count). The predicted octanol–water partition coefficient (Wildman–Crippen LogP) is 3.96. The molecule has 1 heterocycles. The quantitative estimate of drug-likeness (QED) is 0.766. The van der Waals surface area contributed by atoms with Gasteiger partial charge in [-0.2, -0.15) is 5.10 Å². The highest BCUT2D eigenvalue weighted by Gasteiger charge is 2.16. The van der Waals surface area contributed by atoms with Gasteiger partial charge in [0.25, 0.3) is 0 Å². The standard InChI is InChI=1S/C19H21FN4/c1-19(2,3)14-8-4-13(5-9-14)17-22-18(24-23-17)16(21)12-6-10-15(20)11-7-12/h4-11,16H,21H2,1-3H3,(H,22,23,24)/t16-/m0/s1. The van der Waals surface area contributed by atoms with E-state index in [1.807, 2.05) is 12.1 Å². The maximum atomic E-state index is 13.0. The zero-order valence-corrected chi connectivity index (χ0v) is 14.0. The second kappa shape index (κ2) is 6.17. The van der Waals surface area contributed by atoms with Crippen molar-refractivity contribution < 1.29 is 4.39 Å². The predicted molar refractivity (Wildman–Crippen MR) is 92.9 cm³/mol. The molecular weight excluding hydrogens is 303 g/mol. The van der Waals surface area contributed by atoms with Gasteiger partial charge in [0.1, 0.15) is 11.6 Å². The summed E-state index contributed by atoms with van der Waals surface area (Å²) in [7, 11) is 0. The smallest absolute Gasteiger partial charge is 0.181 e. The van der Waals surface area contributed by atoms with E-state index < -0.39 is 6.04 Å². The third kappa shape index (κ3) is 3.36. The van der Waals surface area contributed by atoms with Gasteiger partial charge in [0.05, 0.1) is 6.04 Å². The van der Waals surface area contributed by atoms with Crippen molar-refractivity contribution >= 4 is 0 Å². The molecule has 0 fully saturated rings. The van der Waals surface area contributed by atoms with Crippen LogP contribution in [0.15, 0.2) is 48.5 Å². The molecule has 1 aromatic heterocycles. The lowest BCUT2D eigenvalue weighted by Gasteiger charge is -2.18. The number of rotatable bonds is 3. The molecule has 0 aliphatic heterocycles. The topological polar surface area (TPSA) is 67.6 Å². The Morgan fingerprint density at radius 2 is 1.62 bits per heavy atom. The fourth-order valence-electron chi connectivity index (χ4n) is 2.49. The van der Waals surface area contributed by atoms with E-state index in [-0.39, 0.29) is 11.2 Å². The minimum absolute atomic E-state index is 0.105. The summed E-state index contributed by atoms with van der Waals surface area (Å²) in [5, 5.41) is 7.13. The number of benzene rings is 2. The first-order valence-electron chi connectivity index (χ1n) is 7.89. The Hall–Kier alpha value is -2.53. The number of H-pyrrole nitrogens is 1. The van der Waals surface area contributed by atoms with E-state index in [4.69, 9.17) is 5.73 Å². The zero-order chi connectivity index (χ0) is 17.3. The highest BCUT2D eigenvalue weighted by Crippen LogP contribution is 2.25. The van der Waals surface area contributed by atoms with Crippen molar-refractivity contribution in [3.05, 3.63) is 71.3 Å². The van der Waals surface area contributed by atoms with Crippen LogP contribution in [0.5, 0.6) is 0 Å². The highest BCUT2D eigenvalue weighted by atomic mass is 19.1. The average molecular weight is 324 g/mol. The lowest BCUT2D eigenvalue weighted by molar-refractivity contribution is 0.590. The molecule has 124 valence electrons. The van der Waals surface area contributed by atoms with Crippen LogP contribution in [0.4, 0.5) is 4.39 Å². The molecule has 3 N–H and O–H groups in total. The second-order valence-corrected chi connectivity index (χ2v) is 6.90. The number of nitrogens with one attached hydrogen (secondary N) is 1. The van der Waals surface area contributed by atoms with Crippen molar-refractivity contribution in [3.8, 4) is 11.4 Å². The van der Waals surface area contributed by atoms with E-state index >= 15 is 0 Å². The van der Waals surface area contributed by atoms with E-state index in [0.717, 1.165) is 11.1 Å². The van der Waals surface area contributed by atoms with Gasteiger partial charge in [0.2, 0.25) is 0 Å². The van der Waals surface area contributed by atoms with Crippen LogP contribution in [0.2, 0.25) is 0 Å². The zero-order valence-electron chi connectivity index (χ0n) is 14.0. The van der Waals surface area contributed by atoms with Gasteiger partial charge in [-0.05, 0) is 28.7 Å². The third-order valence-corrected chi connectivity index (χ3v) is 4.04. The number of hydrogen-bond acceptors (Lipinski definition) is 3. The molecule has 0 aliphatic rings. The molecule has 2 aromatic carbocycles. The van der Waals surface area contributed by atoms with Gasteiger partial charge in [-0.1, -0.05) is 57.2 Å². The van der Waals surface area contributed by atoms with Crippen LogP contribution in [0.1, 0.15) is 43.8 Å². The van der Waals surface area contributed by atoms with Crippen molar-refractivity contribution in [3.63, 3.8) is 0 Å². The summed E-state index contributed by atoms with van der Waals surface area (Å²) in [6.07, 6.45) is 0. The van der Waals surface area contributed by atoms with Crippen LogP contribution in [-0.2, 0) is 5.41 Å². The minimum atomic E-state index is -0.472. The Kier molecular flexibility index (Phi) is 4.20. The summed E-state index contributed by atoms with van der Waals surface area (Å²) < 4.78 is 13.0. The van der Waals surface area contributed by atoms with Crippen LogP contribution in [0.25, 0.3) is 11.4 Å². The molecular formula is C19H21FN4. The Labute approximate surface area is 140 Å². The summed E-state index contributed by atoms with van der Waals surface area (Å²) in [6.45, 7) is 6.53. The summed E-state index contributed by atoms with van der Waals surface area (Å²) in [5.41, 5.74) is 9.25. The summed E-state index contributed by atoms with van der Waals surface area (Å²) in [5.74, 6) is 0.864. The number of nitrogens with two attached hydrogens (primary N) is 1. The molecule has 3 aromatic rings. The van der Waals surface area contributed by atoms with Crippen LogP contribution < -0.4 is 5.73 Å². The summed E-state index contributed by atoms with van der Waals surface area (Å²) in [6, 6.07) is 13.8. The molecule has 0 radical (unpaired) electrons. The van der Waals surface area contributed by atoms with Crippen molar-refractivity contribution in [2.45, 2.75) is 32.2 Å². The Morgan fingerprint density at radius 1 is 1.00 bits per heavy atom. The summed E-state index contributed by atoms with van der Waals surface area (Å²) >= 11 is 0. The van der Waals surface area contributed by atoms with E-state index in [2.05, 4.69) is 48.1 Å². The maximum Gasteiger partial charge on any atom is 0.181 e. The number of aromatic nitrogens is 3. The Morgan fingerprint density at radius 3 is 2.21 bits per heavy atom. The molecule has 24 heavy (non-hydrogen) atoms. The van der Waals surface area contributed by atoms with Crippen LogP contribution in [-0.4, -0.2) is 15.2 Å². The lowest BCUT2D eigenvalue weighted by Crippen LogP contribution is -2.13. The largest absolute Gasteiger partial charge is 0.318 e. The van der Waals surface area contributed by atoms with Gasteiger partial charge >= 0.3 is 0 Å². The second-order valence-electron chi connectivity index (χ2n) is 6.90. The molecule has 5 heteroatoms. The Bertz CT molecular complexity index is 814. The van der Waals surface area contributed by atoms with Crippen molar-refractivity contribution in [2.24, 2.45) is 5.73 Å². The van der Waals surface area contributed by atoms with Crippen molar-refractivity contribution in [1.29, 1.82) is 0 Å². The van der Waals surface area contributed by atoms with Gasteiger partial charge in [-0.25, -0.2) is 9.37 Å². The molecule has 0 saturated heterocycles. The van der Waals surface area contributed by atoms with Crippen LogP contribution >= 0.6 is 0 Å². The molecule has 4 nitrogen and oxygen atoms in total. The molecule has 0 unspecified atom stereocenters. The van der Waals surface area contributed by atoms with Gasteiger partial charge in [0, 0.05) is 5.56 Å². The van der Waals surface area contributed by atoms with E-state index in [0.29, 0.717) is 11.6 Å². The SMILES string of the molecule is CC(C)(C)c1ccc(-c2n[nH]c([C@@H](N)c3ccc(F)cc3)n2)cc1. The van der Waals surface area contributed by atoms with Crippen LogP contribution in [0.3, 0.4) is 0 Å². The average Bonchev–Trinajstić information content (AvgIpc) is 3.04. The minimum Gasteiger partial charge on any atom is -0.318 e.